The standard InChI is InChI=1S/C11H15Cl2NO/c1-7(2)8(3)15-11-4-9(5-12)10(13)6-14-11/h4,6-8H,5H2,1-3H3. The number of hydrogen-bond acceptors (Lipinski definition) is 2. The summed E-state index contributed by atoms with van der Waals surface area (Å²) in [6, 6.07) is 1.79. The summed E-state index contributed by atoms with van der Waals surface area (Å²) in [7, 11) is 0. The highest BCUT2D eigenvalue weighted by molar-refractivity contribution is 6.32. The molecule has 0 bridgehead atoms. The predicted octanol–water partition coefficient (Wildman–Crippen LogP) is 3.90. The Balaban J connectivity index is 2.78. The molecule has 0 saturated heterocycles. The van der Waals surface area contributed by atoms with Crippen molar-refractivity contribution in [2.45, 2.75) is 32.8 Å². The van der Waals surface area contributed by atoms with Gasteiger partial charge in [0, 0.05) is 18.1 Å². The van der Waals surface area contributed by atoms with E-state index in [0.29, 0.717) is 22.7 Å². The highest BCUT2D eigenvalue weighted by atomic mass is 35.5. The molecule has 2 nitrogen and oxygen atoms in total. The lowest BCUT2D eigenvalue weighted by Crippen LogP contribution is -2.19. The number of pyridine rings is 1. The van der Waals surface area contributed by atoms with Crippen LogP contribution in [-0.2, 0) is 5.88 Å². The van der Waals surface area contributed by atoms with Crippen molar-refractivity contribution in [2.75, 3.05) is 0 Å². The van der Waals surface area contributed by atoms with Gasteiger partial charge in [0.1, 0.15) is 0 Å². The summed E-state index contributed by atoms with van der Waals surface area (Å²) in [5.74, 6) is 1.39. The fraction of sp³-hybridized carbons (Fsp3) is 0.545. The summed E-state index contributed by atoms with van der Waals surface area (Å²) >= 11 is 11.6. The summed E-state index contributed by atoms with van der Waals surface area (Å²) in [6.45, 7) is 6.22. The molecule has 0 radical (unpaired) electrons. The third kappa shape index (κ3) is 3.54. The summed E-state index contributed by atoms with van der Waals surface area (Å²) in [5, 5.41) is 0.578. The van der Waals surface area contributed by atoms with Crippen LogP contribution in [-0.4, -0.2) is 11.1 Å². The monoisotopic (exact) mass is 247 g/mol. The second-order valence-electron chi connectivity index (χ2n) is 3.81. The lowest BCUT2D eigenvalue weighted by molar-refractivity contribution is 0.163. The third-order valence-corrected chi connectivity index (χ3v) is 2.93. The summed E-state index contributed by atoms with van der Waals surface area (Å²) in [4.78, 5) is 4.10. The number of halogens is 2. The molecule has 1 rings (SSSR count). The van der Waals surface area contributed by atoms with Crippen LogP contribution in [0.25, 0.3) is 0 Å². The Morgan fingerprint density at radius 1 is 1.40 bits per heavy atom. The molecule has 0 aromatic carbocycles. The molecule has 0 N–H and O–H groups in total. The van der Waals surface area contributed by atoms with Crippen LogP contribution in [0.4, 0.5) is 0 Å². The lowest BCUT2D eigenvalue weighted by atomic mass is 10.1. The molecule has 0 fully saturated rings. The van der Waals surface area contributed by atoms with Gasteiger partial charge in [0.25, 0.3) is 0 Å². The SMILES string of the molecule is CC(C)C(C)Oc1cc(CCl)c(Cl)cn1. The minimum Gasteiger partial charge on any atom is -0.474 e. The summed E-state index contributed by atoms with van der Waals surface area (Å²) in [6.07, 6.45) is 1.70. The van der Waals surface area contributed by atoms with E-state index in [-0.39, 0.29) is 6.10 Å². The van der Waals surface area contributed by atoms with Gasteiger partial charge in [0.15, 0.2) is 0 Å². The first-order valence-corrected chi connectivity index (χ1v) is 5.83. The average Bonchev–Trinajstić information content (AvgIpc) is 2.20. The Hall–Kier alpha value is -0.470. The highest BCUT2D eigenvalue weighted by Gasteiger charge is 2.10. The zero-order valence-corrected chi connectivity index (χ0v) is 10.6. The maximum Gasteiger partial charge on any atom is 0.213 e. The molecule has 0 spiro atoms. The van der Waals surface area contributed by atoms with Crippen molar-refractivity contribution in [3.63, 3.8) is 0 Å². The van der Waals surface area contributed by atoms with Crippen LogP contribution in [0.3, 0.4) is 0 Å². The van der Waals surface area contributed by atoms with E-state index in [4.69, 9.17) is 27.9 Å². The second kappa shape index (κ2) is 5.57. The molecule has 15 heavy (non-hydrogen) atoms. The molecular formula is C11H15Cl2NO. The maximum atomic E-state index is 5.89. The largest absolute Gasteiger partial charge is 0.474 e. The van der Waals surface area contributed by atoms with Crippen LogP contribution in [0.2, 0.25) is 5.02 Å². The van der Waals surface area contributed by atoms with Gasteiger partial charge in [0.2, 0.25) is 5.88 Å². The van der Waals surface area contributed by atoms with E-state index in [1.54, 1.807) is 12.3 Å². The Bertz CT molecular complexity index is 328. The summed E-state index contributed by atoms with van der Waals surface area (Å²) in [5.41, 5.74) is 0.847. The van der Waals surface area contributed by atoms with Crippen molar-refractivity contribution in [1.29, 1.82) is 0 Å². The number of hydrogen-bond donors (Lipinski definition) is 0. The van der Waals surface area contributed by atoms with Crippen molar-refractivity contribution >= 4 is 23.2 Å². The molecule has 1 aromatic heterocycles. The van der Waals surface area contributed by atoms with Gasteiger partial charge in [-0.1, -0.05) is 25.4 Å². The predicted molar refractivity (Wildman–Crippen MR) is 63.7 cm³/mol. The van der Waals surface area contributed by atoms with Crippen LogP contribution in [0.5, 0.6) is 5.88 Å². The molecule has 0 aliphatic carbocycles. The van der Waals surface area contributed by atoms with Crippen molar-refractivity contribution in [2.24, 2.45) is 5.92 Å². The van der Waals surface area contributed by atoms with Crippen LogP contribution in [0.1, 0.15) is 26.3 Å². The number of rotatable bonds is 4. The molecule has 1 aromatic rings. The van der Waals surface area contributed by atoms with Crippen LogP contribution in [0.15, 0.2) is 12.3 Å². The van der Waals surface area contributed by atoms with E-state index >= 15 is 0 Å². The maximum absolute atomic E-state index is 5.89. The van der Waals surface area contributed by atoms with Crippen molar-refractivity contribution in [3.8, 4) is 5.88 Å². The molecule has 0 aliphatic heterocycles. The van der Waals surface area contributed by atoms with Gasteiger partial charge in [-0.3, -0.25) is 0 Å². The number of ether oxygens (including phenoxy) is 1. The minimum atomic E-state index is 0.127. The molecule has 1 unspecified atom stereocenters. The molecule has 1 heterocycles. The van der Waals surface area contributed by atoms with Gasteiger partial charge in [-0.25, -0.2) is 4.98 Å². The van der Waals surface area contributed by atoms with Crippen molar-refractivity contribution < 1.29 is 4.74 Å². The van der Waals surface area contributed by atoms with Crippen LogP contribution < -0.4 is 4.74 Å². The topological polar surface area (TPSA) is 22.1 Å². The molecule has 84 valence electrons. The highest BCUT2D eigenvalue weighted by Crippen LogP contribution is 2.22. The van der Waals surface area contributed by atoms with Gasteiger partial charge in [-0.2, -0.15) is 0 Å². The number of alkyl halides is 1. The van der Waals surface area contributed by atoms with E-state index < -0.39 is 0 Å². The first-order valence-electron chi connectivity index (χ1n) is 4.91. The van der Waals surface area contributed by atoms with Crippen LogP contribution >= 0.6 is 23.2 Å². The molecule has 0 amide bonds. The van der Waals surface area contributed by atoms with Gasteiger partial charge < -0.3 is 4.74 Å². The van der Waals surface area contributed by atoms with E-state index in [1.807, 2.05) is 6.92 Å². The zero-order valence-electron chi connectivity index (χ0n) is 9.13. The number of aromatic nitrogens is 1. The zero-order chi connectivity index (χ0) is 11.4. The Kier molecular flexibility index (Phi) is 4.68. The molecule has 0 aliphatic rings. The van der Waals surface area contributed by atoms with Crippen molar-refractivity contribution in [1.82, 2.24) is 4.98 Å². The average molecular weight is 248 g/mol. The summed E-state index contributed by atoms with van der Waals surface area (Å²) < 4.78 is 5.64. The van der Waals surface area contributed by atoms with Gasteiger partial charge in [0.05, 0.1) is 11.1 Å². The first-order chi connectivity index (χ1) is 7.04. The van der Waals surface area contributed by atoms with E-state index in [1.165, 1.54) is 0 Å². The second-order valence-corrected chi connectivity index (χ2v) is 4.49. The quantitative estimate of drug-likeness (QED) is 0.754. The fourth-order valence-corrected chi connectivity index (χ4v) is 1.41. The first kappa shape index (κ1) is 12.6. The molecule has 4 heteroatoms. The molecule has 1 atom stereocenters. The number of nitrogens with zero attached hydrogens (tertiary/aromatic N) is 1. The lowest BCUT2D eigenvalue weighted by Gasteiger charge is -2.17. The molecule has 0 saturated carbocycles. The van der Waals surface area contributed by atoms with Crippen molar-refractivity contribution in [3.05, 3.63) is 22.8 Å². The van der Waals surface area contributed by atoms with Gasteiger partial charge in [-0.05, 0) is 18.4 Å². The Labute approximate surface area is 101 Å². The van der Waals surface area contributed by atoms with Crippen LogP contribution in [0, 0.1) is 5.92 Å². The fourth-order valence-electron chi connectivity index (χ4n) is 0.952. The smallest absolute Gasteiger partial charge is 0.213 e. The van der Waals surface area contributed by atoms with Gasteiger partial charge in [-0.15, -0.1) is 11.6 Å². The van der Waals surface area contributed by atoms with E-state index in [9.17, 15) is 0 Å². The molecular weight excluding hydrogens is 233 g/mol. The third-order valence-electron chi connectivity index (χ3n) is 2.30. The minimum absolute atomic E-state index is 0.127. The normalized spacial score (nSPS) is 12.9. The van der Waals surface area contributed by atoms with E-state index in [2.05, 4.69) is 18.8 Å². The Morgan fingerprint density at radius 3 is 2.60 bits per heavy atom. The van der Waals surface area contributed by atoms with E-state index in [0.717, 1.165) is 5.56 Å². The van der Waals surface area contributed by atoms with Gasteiger partial charge >= 0.3 is 0 Å². The Morgan fingerprint density at radius 2 is 2.07 bits per heavy atom.